The number of halogens is 2. The first kappa shape index (κ1) is 19.7. The number of nitrogens with zero attached hydrogens (tertiary/aromatic N) is 3. The van der Waals surface area contributed by atoms with Gasteiger partial charge in [-0.25, -0.2) is 18.9 Å². The Morgan fingerprint density at radius 3 is 2.63 bits per heavy atom. The highest BCUT2D eigenvalue weighted by molar-refractivity contribution is 6.31. The number of nitrogens with one attached hydrogen (secondary N) is 1. The zero-order valence-electron chi connectivity index (χ0n) is 15.6. The van der Waals surface area contributed by atoms with Gasteiger partial charge in [0.05, 0.1) is 6.54 Å². The fraction of sp³-hybridized carbons (Fsp3) is 0.0952. The smallest absolute Gasteiger partial charge is 0.332 e. The van der Waals surface area contributed by atoms with Crippen LogP contribution in [-0.2, 0) is 0 Å². The first-order valence-corrected chi connectivity index (χ1v) is 9.42. The van der Waals surface area contributed by atoms with Crippen LogP contribution in [-0.4, -0.2) is 35.0 Å². The minimum atomic E-state index is -0.655. The van der Waals surface area contributed by atoms with Gasteiger partial charge in [0.15, 0.2) is 11.6 Å². The van der Waals surface area contributed by atoms with E-state index < -0.39 is 17.9 Å². The molecule has 30 heavy (non-hydrogen) atoms. The highest BCUT2D eigenvalue weighted by Gasteiger charge is 2.34. The third-order valence-electron chi connectivity index (χ3n) is 4.43. The summed E-state index contributed by atoms with van der Waals surface area (Å²) in [5.41, 5.74) is 0.806. The number of carbonyl (C=O) groups excluding carboxylic acids is 2. The molecule has 1 aromatic heterocycles. The monoisotopic (exact) mass is 426 g/mol. The Kier molecular flexibility index (Phi) is 5.49. The fourth-order valence-corrected chi connectivity index (χ4v) is 3.18. The fourth-order valence-electron chi connectivity index (χ4n) is 2.99. The maximum absolute atomic E-state index is 14.4. The molecule has 0 saturated carbocycles. The summed E-state index contributed by atoms with van der Waals surface area (Å²) in [4.78, 5) is 31.5. The van der Waals surface area contributed by atoms with Gasteiger partial charge in [0.2, 0.25) is 0 Å². The molecule has 1 fully saturated rings. The Morgan fingerprint density at radius 1 is 1.10 bits per heavy atom. The average molecular weight is 427 g/mol. The Hall–Kier alpha value is -3.65. The number of hydrogen-bond donors (Lipinski definition) is 1. The molecule has 4 amide bonds. The van der Waals surface area contributed by atoms with Crippen molar-refractivity contribution < 1.29 is 18.7 Å². The predicted molar refractivity (Wildman–Crippen MR) is 111 cm³/mol. The SMILES string of the molecule is O=C(Nc1ccc(Oc2ccncc2)c(F)c1)N1CCN(c2cccc(Cl)c2)C1=O. The van der Waals surface area contributed by atoms with E-state index >= 15 is 0 Å². The Balaban J connectivity index is 1.42. The van der Waals surface area contributed by atoms with E-state index in [1.165, 1.54) is 29.4 Å². The molecule has 1 N–H and O–H groups in total. The highest BCUT2D eigenvalue weighted by atomic mass is 35.5. The topological polar surface area (TPSA) is 74.8 Å². The van der Waals surface area contributed by atoms with Crippen LogP contribution in [0, 0.1) is 5.82 Å². The summed E-state index contributed by atoms with van der Waals surface area (Å²) < 4.78 is 19.8. The number of aromatic nitrogens is 1. The number of ether oxygens (including phenoxy) is 1. The van der Waals surface area contributed by atoms with Crippen LogP contribution in [0.5, 0.6) is 11.5 Å². The lowest BCUT2D eigenvalue weighted by Crippen LogP contribution is -2.39. The third-order valence-corrected chi connectivity index (χ3v) is 4.67. The first-order valence-electron chi connectivity index (χ1n) is 9.04. The summed E-state index contributed by atoms with van der Waals surface area (Å²) in [5.74, 6) is -0.217. The highest BCUT2D eigenvalue weighted by Crippen LogP contribution is 2.27. The van der Waals surface area contributed by atoms with Crippen LogP contribution in [0.25, 0.3) is 0 Å². The molecule has 2 aromatic carbocycles. The Morgan fingerprint density at radius 2 is 1.90 bits per heavy atom. The second-order valence-electron chi connectivity index (χ2n) is 6.43. The van der Waals surface area contributed by atoms with E-state index in [1.54, 1.807) is 36.4 Å². The molecule has 1 saturated heterocycles. The van der Waals surface area contributed by atoms with Gasteiger partial charge in [0.25, 0.3) is 0 Å². The summed E-state index contributed by atoms with van der Waals surface area (Å²) >= 11 is 5.98. The van der Waals surface area contributed by atoms with E-state index in [1.807, 2.05) is 0 Å². The number of imide groups is 1. The number of anilines is 2. The van der Waals surface area contributed by atoms with Gasteiger partial charge in [-0.3, -0.25) is 9.88 Å². The molecule has 0 spiro atoms. The molecular weight excluding hydrogens is 411 g/mol. The van der Waals surface area contributed by atoms with Gasteiger partial charge in [-0.05, 0) is 42.5 Å². The largest absolute Gasteiger partial charge is 0.454 e. The van der Waals surface area contributed by atoms with Crippen LogP contribution in [0.1, 0.15) is 0 Å². The predicted octanol–water partition coefficient (Wildman–Crippen LogP) is 5.14. The van der Waals surface area contributed by atoms with Crippen molar-refractivity contribution in [2.45, 2.75) is 0 Å². The number of urea groups is 2. The van der Waals surface area contributed by atoms with Gasteiger partial charge in [-0.2, -0.15) is 0 Å². The van der Waals surface area contributed by atoms with Gasteiger partial charge in [-0.15, -0.1) is 0 Å². The van der Waals surface area contributed by atoms with Crippen LogP contribution in [0.2, 0.25) is 5.02 Å². The van der Waals surface area contributed by atoms with Crippen LogP contribution in [0.3, 0.4) is 0 Å². The van der Waals surface area contributed by atoms with E-state index in [0.717, 1.165) is 11.0 Å². The second-order valence-corrected chi connectivity index (χ2v) is 6.86. The minimum Gasteiger partial charge on any atom is -0.454 e. The molecule has 0 bridgehead atoms. The summed E-state index contributed by atoms with van der Waals surface area (Å²) in [7, 11) is 0. The second kappa shape index (κ2) is 8.38. The van der Waals surface area contributed by atoms with Crippen molar-refractivity contribution in [1.82, 2.24) is 9.88 Å². The minimum absolute atomic E-state index is 0.00331. The zero-order chi connectivity index (χ0) is 21.1. The molecule has 152 valence electrons. The Bertz CT molecular complexity index is 1100. The molecule has 0 radical (unpaired) electrons. The standard InChI is InChI=1S/C21H16ClFN4O3/c22-14-2-1-3-16(12-14)26-10-11-27(21(26)29)20(28)25-15-4-5-19(18(23)13-15)30-17-6-8-24-9-7-17/h1-9,12-13H,10-11H2,(H,25,28). The van der Waals surface area contributed by atoms with Gasteiger partial charge in [0.1, 0.15) is 5.75 Å². The zero-order valence-corrected chi connectivity index (χ0v) is 16.3. The van der Waals surface area contributed by atoms with Gasteiger partial charge >= 0.3 is 12.1 Å². The Labute approximate surface area is 176 Å². The molecular formula is C21H16ClFN4O3. The van der Waals surface area contributed by atoms with Crippen molar-refractivity contribution in [3.63, 3.8) is 0 Å². The van der Waals surface area contributed by atoms with Crippen LogP contribution in [0.15, 0.2) is 67.0 Å². The number of rotatable bonds is 4. The van der Waals surface area contributed by atoms with E-state index in [4.69, 9.17) is 16.3 Å². The summed E-state index contributed by atoms with van der Waals surface area (Å²) in [6.07, 6.45) is 3.06. The average Bonchev–Trinajstić information content (AvgIpc) is 3.12. The first-order chi connectivity index (χ1) is 14.5. The number of benzene rings is 2. The number of amides is 4. The molecule has 1 aliphatic rings. The lowest BCUT2D eigenvalue weighted by atomic mass is 10.3. The molecule has 2 heterocycles. The molecule has 1 aliphatic heterocycles. The van der Waals surface area contributed by atoms with Gasteiger partial charge in [-0.1, -0.05) is 17.7 Å². The number of pyridine rings is 1. The van der Waals surface area contributed by atoms with Gasteiger partial charge in [0, 0.05) is 41.4 Å². The van der Waals surface area contributed by atoms with Crippen molar-refractivity contribution in [3.8, 4) is 11.5 Å². The molecule has 4 rings (SSSR count). The van der Waals surface area contributed by atoms with E-state index in [9.17, 15) is 14.0 Å². The van der Waals surface area contributed by atoms with Crippen LogP contribution >= 0.6 is 11.6 Å². The van der Waals surface area contributed by atoms with Crippen molar-refractivity contribution in [3.05, 3.63) is 77.8 Å². The van der Waals surface area contributed by atoms with Crippen molar-refractivity contribution in [1.29, 1.82) is 0 Å². The molecule has 3 aromatic rings. The number of carbonyl (C=O) groups is 2. The van der Waals surface area contributed by atoms with Crippen molar-refractivity contribution in [2.75, 3.05) is 23.3 Å². The lowest BCUT2D eigenvalue weighted by Gasteiger charge is -2.18. The van der Waals surface area contributed by atoms with E-state index in [2.05, 4.69) is 10.3 Å². The molecule has 7 nitrogen and oxygen atoms in total. The van der Waals surface area contributed by atoms with E-state index in [-0.39, 0.29) is 18.0 Å². The maximum Gasteiger partial charge on any atom is 0.332 e. The lowest BCUT2D eigenvalue weighted by molar-refractivity contribution is 0.209. The normalized spacial score (nSPS) is 13.5. The molecule has 0 aliphatic carbocycles. The van der Waals surface area contributed by atoms with Crippen LogP contribution < -0.4 is 15.0 Å². The van der Waals surface area contributed by atoms with Crippen molar-refractivity contribution >= 4 is 35.0 Å². The third kappa shape index (κ3) is 4.18. The molecule has 0 atom stereocenters. The van der Waals surface area contributed by atoms with Crippen LogP contribution in [0.4, 0.5) is 25.4 Å². The quantitative estimate of drug-likeness (QED) is 0.626. The number of hydrogen-bond acceptors (Lipinski definition) is 4. The maximum atomic E-state index is 14.4. The van der Waals surface area contributed by atoms with Crippen molar-refractivity contribution in [2.24, 2.45) is 0 Å². The van der Waals surface area contributed by atoms with E-state index in [0.29, 0.717) is 23.0 Å². The summed E-state index contributed by atoms with van der Waals surface area (Å²) in [5, 5.41) is 3.03. The summed E-state index contributed by atoms with van der Waals surface area (Å²) in [6, 6.07) is 12.9. The summed E-state index contributed by atoms with van der Waals surface area (Å²) in [6.45, 7) is 0.530. The van der Waals surface area contributed by atoms with Gasteiger partial charge < -0.3 is 10.1 Å². The molecule has 0 unspecified atom stereocenters. The molecule has 9 heteroatoms.